The van der Waals surface area contributed by atoms with Gasteiger partial charge in [-0.25, -0.2) is 9.97 Å². The Bertz CT molecular complexity index is 759. The van der Waals surface area contributed by atoms with Gasteiger partial charge >= 0.3 is 0 Å². The molecule has 0 atom stereocenters. The highest BCUT2D eigenvalue weighted by atomic mass is 35.5. The lowest BCUT2D eigenvalue weighted by Gasteiger charge is -2.07. The first-order chi connectivity index (χ1) is 8.70. The molecule has 3 aromatic rings. The predicted octanol–water partition coefficient (Wildman–Crippen LogP) is 4.81. The van der Waals surface area contributed by atoms with Crippen LogP contribution in [0, 0.1) is 0 Å². The smallest absolute Gasteiger partial charge is 0.139 e. The molecule has 0 N–H and O–H groups in total. The van der Waals surface area contributed by atoms with Crippen LogP contribution in [0.4, 0.5) is 0 Å². The van der Waals surface area contributed by atoms with E-state index in [0.29, 0.717) is 10.3 Å². The summed E-state index contributed by atoms with van der Waals surface area (Å²) >= 11 is 14.1. The van der Waals surface area contributed by atoms with Crippen LogP contribution in [-0.2, 0) is 0 Å². The van der Waals surface area contributed by atoms with Gasteiger partial charge in [-0.2, -0.15) is 0 Å². The molecule has 0 spiro atoms. The summed E-state index contributed by atoms with van der Waals surface area (Å²) in [7, 11) is 0. The molecule has 0 aliphatic carbocycles. The summed E-state index contributed by atoms with van der Waals surface area (Å²) in [6, 6.07) is 7.89. The lowest BCUT2D eigenvalue weighted by molar-refractivity contribution is 1.33. The van der Waals surface area contributed by atoms with Crippen molar-refractivity contribution in [3.05, 3.63) is 40.8 Å². The van der Waals surface area contributed by atoms with E-state index in [0.717, 1.165) is 26.6 Å². The predicted molar refractivity (Wildman–Crippen MR) is 78.8 cm³/mol. The van der Waals surface area contributed by atoms with Crippen LogP contribution in [0.2, 0.25) is 10.3 Å². The fourth-order valence-corrected chi connectivity index (χ4v) is 2.92. The van der Waals surface area contributed by atoms with Gasteiger partial charge in [-0.05, 0) is 29.8 Å². The summed E-state index contributed by atoms with van der Waals surface area (Å²) in [6.07, 6.45) is 3.67. The van der Waals surface area contributed by atoms with E-state index in [1.807, 2.05) is 24.5 Å². The van der Waals surface area contributed by atoms with Gasteiger partial charge in [0, 0.05) is 21.9 Å². The monoisotopic (exact) mass is 294 g/mol. The SMILES string of the molecule is CSc1ccc2c(Cl)nc3ccnc(Cl)c3c2c1. The molecule has 18 heavy (non-hydrogen) atoms. The second-order valence-electron chi connectivity index (χ2n) is 3.81. The zero-order valence-corrected chi connectivity index (χ0v) is 11.8. The second kappa shape index (κ2) is 4.57. The minimum absolute atomic E-state index is 0.458. The Morgan fingerprint density at radius 1 is 1.06 bits per heavy atom. The number of rotatable bonds is 1. The molecule has 0 fully saturated rings. The maximum atomic E-state index is 6.20. The number of benzene rings is 1. The molecule has 2 nitrogen and oxygen atoms in total. The molecule has 1 aromatic carbocycles. The van der Waals surface area contributed by atoms with Gasteiger partial charge in [0.2, 0.25) is 0 Å². The number of hydrogen-bond acceptors (Lipinski definition) is 3. The lowest BCUT2D eigenvalue weighted by Crippen LogP contribution is -1.88. The van der Waals surface area contributed by atoms with E-state index in [9.17, 15) is 0 Å². The summed E-state index contributed by atoms with van der Waals surface area (Å²) in [6.45, 7) is 0. The molecule has 3 rings (SSSR count). The van der Waals surface area contributed by atoms with E-state index >= 15 is 0 Å². The van der Waals surface area contributed by atoms with Crippen LogP contribution in [0.1, 0.15) is 0 Å². The minimum Gasteiger partial charge on any atom is -0.244 e. The van der Waals surface area contributed by atoms with E-state index in [1.54, 1.807) is 18.0 Å². The van der Waals surface area contributed by atoms with E-state index < -0.39 is 0 Å². The van der Waals surface area contributed by atoms with Gasteiger partial charge in [-0.15, -0.1) is 11.8 Å². The van der Waals surface area contributed by atoms with Crippen molar-refractivity contribution in [3.8, 4) is 0 Å². The van der Waals surface area contributed by atoms with Gasteiger partial charge in [-0.1, -0.05) is 29.3 Å². The molecule has 0 aliphatic rings. The molecule has 2 aromatic heterocycles. The summed E-state index contributed by atoms with van der Waals surface area (Å²) in [5.74, 6) is 0. The van der Waals surface area contributed by atoms with Crippen molar-refractivity contribution in [3.63, 3.8) is 0 Å². The molecule has 0 amide bonds. The number of fused-ring (bicyclic) bond motifs is 3. The van der Waals surface area contributed by atoms with Crippen molar-refractivity contribution >= 4 is 56.6 Å². The van der Waals surface area contributed by atoms with Crippen molar-refractivity contribution in [1.82, 2.24) is 9.97 Å². The van der Waals surface area contributed by atoms with Gasteiger partial charge in [0.1, 0.15) is 10.3 Å². The Balaban J connectivity index is 2.56. The summed E-state index contributed by atoms with van der Waals surface area (Å²) < 4.78 is 0. The third-order valence-corrected chi connectivity index (χ3v) is 4.12. The van der Waals surface area contributed by atoms with Crippen molar-refractivity contribution in [2.75, 3.05) is 6.26 Å². The maximum absolute atomic E-state index is 6.20. The molecule has 90 valence electrons. The molecule has 0 bridgehead atoms. The number of pyridine rings is 2. The largest absolute Gasteiger partial charge is 0.244 e. The molecule has 0 saturated heterocycles. The first kappa shape index (κ1) is 12.0. The zero-order chi connectivity index (χ0) is 12.7. The third-order valence-electron chi connectivity index (χ3n) is 2.82. The number of halogens is 2. The van der Waals surface area contributed by atoms with Gasteiger partial charge in [0.05, 0.1) is 5.52 Å². The third kappa shape index (κ3) is 1.83. The van der Waals surface area contributed by atoms with E-state index in [2.05, 4.69) is 16.0 Å². The van der Waals surface area contributed by atoms with Gasteiger partial charge in [0.25, 0.3) is 0 Å². The highest BCUT2D eigenvalue weighted by Crippen LogP contribution is 2.34. The minimum atomic E-state index is 0.458. The van der Waals surface area contributed by atoms with Crippen LogP contribution in [0.25, 0.3) is 21.7 Å². The number of nitrogens with zero attached hydrogens (tertiary/aromatic N) is 2. The number of aromatic nitrogens is 2. The Kier molecular flexibility index (Phi) is 3.06. The Labute approximate surface area is 118 Å². The van der Waals surface area contributed by atoms with Gasteiger partial charge in [0.15, 0.2) is 0 Å². The van der Waals surface area contributed by atoms with E-state index in [-0.39, 0.29) is 0 Å². The highest BCUT2D eigenvalue weighted by molar-refractivity contribution is 7.98. The standard InChI is InChI=1S/C13H8Cl2N2S/c1-18-7-2-3-8-9(6-7)11-10(17-12(8)14)4-5-16-13(11)15/h2-6H,1H3. The second-order valence-corrected chi connectivity index (χ2v) is 5.41. The molecular weight excluding hydrogens is 287 g/mol. The zero-order valence-electron chi connectivity index (χ0n) is 9.45. The quantitative estimate of drug-likeness (QED) is 0.366. The van der Waals surface area contributed by atoms with Crippen LogP contribution in [0.15, 0.2) is 35.4 Å². The number of thioether (sulfide) groups is 1. The average Bonchev–Trinajstić information content (AvgIpc) is 2.38. The summed E-state index contributed by atoms with van der Waals surface area (Å²) in [5.41, 5.74) is 0.769. The van der Waals surface area contributed by atoms with Crippen LogP contribution in [0.5, 0.6) is 0 Å². The highest BCUT2D eigenvalue weighted by Gasteiger charge is 2.10. The van der Waals surface area contributed by atoms with Crippen LogP contribution in [0.3, 0.4) is 0 Å². The van der Waals surface area contributed by atoms with E-state index in [4.69, 9.17) is 23.2 Å². The van der Waals surface area contributed by atoms with Gasteiger partial charge < -0.3 is 0 Å². The Morgan fingerprint density at radius 3 is 2.67 bits per heavy atom. The molecular formula is C13H8Cl2N2S. The Hall–Kier alpha value is -1.03. The first-order valence-corrected chi connectivity index (χ1v) is 7.26. The molecule has 0 saturated carbocycles. The lowest BCUT2D eigenvalue weighted by atomic mass is 10.1. The Morgan fingerprint density at radius 2 is 1.89 bits per heavy atom. The maximum Gasteiger partial charge on any atom is 0.139 e. The van der Waals surface area contributed by atoms with Crippen LogP contribution < -0.4 is 0 Å². The first-order valence-electron chi connectivity index (χ1n) is 5.28. The van der Waals surface area contributed by atoms with Crippen molar-refractivity contribution < 1.29 is 0 Å². The average molecular weight is 295 g/mol. The summed E-state index contributed by atoms with van der Waals surface area (Å²) in [5, 5.41) is 3.70. The van der Waals surface area contributed by atoms with E-state index in [1.165, 1.54) is 0 Å². The van der Waals surface area contributed by atoms with Gasteiger partial charge in [-0.3, -0.25) is 0 Å². The van der Waals surface area contributed by atoms with Crippen molar-refractivity contribution in [2.45, 2.75) is 4.90 Å². The van der Waals surface area contributed by atoms with Crippen molar-refractivity contribution in [1.29, 1.82) is 0 Å². The molecule has 2 heterocycles. The van der Waals surface area contributed by atoms with Crippen LogP contribution >= 0.6 is 35.0 Å². The fraction of sp³-hybridized carbons (Fsp3) is 0.0769. The molecule has 0 radical (unpaired) electrons. The molecule has 5 heteroatoms. The molecule has 0 aliphatic heterocycles. The summed E-state index contributed by atoms with van der Waals surface area (Å²) in [4.78, 5) is 9.63. The normalized spacial score (nSPS) is 11.3. The molecule has 0 unspecified atom stereocenters. The topological polar surface area (TPSA) is 25.8 Å². The number of hydrogen-bond donors (Lipinski definition) is 0. The fourth-order valence-electron chi connectivity index (χ4n) is 1.97. The van der Waals surface area contributed by atoms with Crippen LogP contribution in [-0.4, -0.2) is 16.2 Å². The van der Waals surface area contributed by atoms with Crippen molar-refractivity contribution in [2.24, 2.45) is 0 Å².